The lowest BCUT2D eigenvalue weighted by Crippen LogP contribution is -2.23. The second kappa shape index (κ2) is 8.43. The third kappa shape index (κ3) is 5.93. The Balaban J connectivity index is 2.14. The van der Waals surface area contributed by atoms with Crippen LogP contribution in [0.15, 0.2) is 24.3 Å². The first-order valence-electron chi connectivity index (χ1n) is 6.34. The standard InChI is InChI=1S/C14H17ClO5/c15-10-5-7-11(8-6-10)20-9-3-1-2-4-12(13(16)17)14(18)19/h5-8,12H,1-4,9H2,(H,16,17)(H,18,19). The van der Waals surface area contributed by atoms with Crippen molar-refractivity contribution in [3.63, 3.8) is 0 Å². The molecule has 0 aliphatic carbocycles. The summed E-state index contributed by atoms with van der Waals surface area (Å²) in [6.45, 7) is 0.506. The third-order valence-electron chi connectivity index (χ3n) is 2.82. The first kappa shape index (κ1) is 16.3. The summed E-state index contributed by atoms with van der Waals surface area (Å²) in [6.07, 6.45) is 2.16. The number of carboxylic acid groups (broad SMARTS) is 2. The molecule has 110 valence electrons. The molecule has 0 heterocycles. The van der Waals surface area contributed by atoms with Gasteiger partial charge in [-0.15, -0.1) is 0 Å². The predicted molar refractivity (Wildman–Crippen MR) is 74.2 cm³/mol. The third-order valence-corrected chi connectivity index (χ3v) is 3.07. The summed E-state index contributed by atoms with van der Waals surface area (Å²) in [5.74, 6) is -3.15. The summed E-state index contributed by atoms with van der Waals surface area (Å²) in [5, 5.41) is 18.0. The van der Waals surface area contributed by atoms with Crippen molar-refractivity contribution in [1.82, 2.24) is 0 Å². The van der Waals surface area contributed by atoms with Crippen LogP contribution in [0.5, 0.6) is 5.75 Å². The smallest absolute Gasteiger partial charge is 0.317 e. The fraction of sp³-hybridized carbons (Fsp3) is 0.429. The lowest BCUT2D eigenvalue weighted by molar-refractivity contribution is -0.154. The molecule has 0 aliphatic rings. The highest BCUT2D eigenvalue weighted by Crippen LogP contribution is 2.16. The number of hydrogen-bond donors (Lipinski definition) is 2. The maximum atomic E-state index is 10.7. The molecule has 0 unspecified atom stereocenters. The van der Waals surface area contributed by atoms with Crippen molar-refractivity contribution in [3.05, 3.63) is 29.3 Å². The van der Waals surface area contributed by atoms with Crippen LogP contribution in [-0.2, 0) is 9.59 Å². The molecule has 0 saturated heterocycles. The van der Waals surface area contributed by atoms with Crippen LogP contribution in [-0.4, -0.2) is 28.8 Å². The van der Waals surface area contributed by atoms with Crippen molar-refractivity contribution < 1.29 is 24.5 Å². The summed E-state index contributed by atoms with van der Waals surface area (Å²) in [7, 11) is 0. The molecule has 0 atom stereocenters. The first-order chi connectivity index (χ1) is 9.50. The second-order valence-corrected chi connectivity index (χ2v) is 4.82. The summed E-state index contributed by atoms with van der Waals surface area (Å²) in [5.41, 5.74) is 0. The lowest BCUT2D eigenvalue weighted by Gasteiger charge is -2.08. The molecule has 1 aromatic carbocycles. The van der Waals surface area contributed by atoms with Crippen LogP contribution in [0.3, 0.4) is 0 Å². The number of unbranched alkanes of at least 4 members (excludes halogenated alkanes) is 2. The average Bonchev–Trinajstić information content (AvgIpc) is 2.39. The Kier molecular flexibility index (Phi) is 6.87. The molecule has 0 bridgehead atoms. The Morgan fingerprint density at radius 1 is 1.05 bits per heavy atom. The summed E-state index contributed by atoms with van der Waals surface area (Å²) >= 11 is 5.74. The fourth-order valence-electron chi connectivity index (χ4n) is 1.70. The molecule has 0 radical (unpaired) electrons. The van der Waals surface area contributed by atoms with E-state index in [4.69, 9.17) is 26.6 Å². The van der Waals surface area contributed by atoms with Crippen LogP contribution in [0.2, 0.25) is 5.02 Å². The summed E-state index contributed by atoms with van der Waals surface area (Å²) in [4.78, 5) is 21.3. The van der Waals surface area contributed by atoms with Crippen LogP contribution >= 0.6 is 11.6 Å². The molecule has 0 aliphatic heterocycles. The Morgan fingerprint density at radius 3 is 2.20 bits per heavy atom. The van der Waals surface area contributed by atoms with Gasteiger partial charge >= 0.3 is 11.9 Å². The molecular weight excluding hydrogens is 284 g/mol. The van der Waals surface area contributed by atoms with Gasteiger partial charge in [0.15, 0.2) is 5.92 Å². The van der Waals surface area contributed by atoms with E-state index in [0.717, 1.165) is 18.6 Å². The van der Waals surface area contributed by atoms with Crippen molar-refractivity contribution in [1.29, 1.82) is 0 Å². The van der Waals surface area contributed by atoms with Gasteiger partial charge in [-0.25, -0.2) is 0 Å². The Morgan fingerprint density at radius 2 is 1.65 bits per heavy atom. The summed E-state index contributed by atoms with van der Waals surface area (Å²) < 4.78 is 5.47. The second-order valence-electron chi connectivity index (χ2n) is 4.38. The zero-order valence-electron chi connectivity index (χ0n) is 10.9. The molecule has 6 heteroatoms. The van der Waals surface area contributed by atoms with Gasteiger partial charge in [-0.1, -0.05) is 24.4 Å². The predicted octanol–water partition coefficient (Wildman–Crippen LogP) is 3.06. The summed E-state index contributed by atoms with van der Waals surface area (Å²) in [6, 6.07) is 7.02. The largest absolute Gasteiger partial charge is 0.494 e. The van der Waals surface area contributed by atoms with Crippen LogP contribution in [0.4, 0.5) is 0 Å². The molecule has 20 heavy (non-hydrogen) atoms. The van der Waals surface area contributed by atoms with Crippen molar-refractivity contribution in [2.45, 2.75) is 25.7 Å². The van der Waals surface area contributed by atoms with E-state index in [0.29, 0.717) is 18.1 Å². The molecule has 0 fully saturated rings. The normalized spacial score (nSPS) is 10.5. The van der Waals surface area contributed by atoms with Gasteiger partial charge in [-0.05, 0) is 37.1 Å². The molecule has 5 nitrogen and oxygen atoms in total. The lowest BCUT2D eigenvalue weighted by atomic mass is 10.0. The van der Waals surface area contributed by atoms with E-state index in [9.17, 15) is 9.59 Å². The highest BCUT2D eigenvalue weighted by molar-refractivity contribution is 6.30. The van der Waals surface area contributed by atoms with Gasteiger partial charge in [-0.3, -0.25) is 9.59 Å². The minimum atomic E-state index is -1.31. The zero-order chi connectivity index (χ0) is 15.0. The fourth-order valence-corrected chi connectivity index (χ4v) is 1.83. The molecule has 0 aromatic heterocycles. The topological polar surface area (TPSA) is 83.8 Å². The number of benzene rings is 1. The van der Waals surface area contributed by atoms with Gasteiger partial charge in [0.2, 0.25) is 0 Å². The molecule has 1 rings (SSSR count). The molecule has 2 N–H and O–H groups in total. The zero-order valence-corrected chi connectivity index (χ0v) is 11.7. The quantitative estimate of drug-likeness (QED) is 0.541. The van der Waals surface area contributed by atoms with Gasteiger partial charge in [0.1, 0.15) is 5.75 Å². The minimum Gasteiger partial charge on any atom is -0.494 e. The number of halogens is 1. The van der Waals surface area contributed by atoms with Crippen LogP contribution in [0.25, 0.3) is 0 Å². The van der Waals surface area contributed by atoms with Gasteiger partial charge < -0.3 is 14.9 Å². The number of carbonyl (C=O) groups is 2. The minimum absolute atomic E-state index is 0.144. The van der Waals surface area contributed by atoms with Crippen LogP contribution in [0.1, 0.15) is 25.7 Å². The van der Waals surface area contributed by atoms with E-state index in [1.165, 1.54) is 0 Å². The van der Waals surface area contributed by atoms with Gasteiger partial charge in [-0.2, -0.15) is 0 Å². The van der Waals surface area contributed by atoms with Gasteiger partial charge in [0.25, 0.3) is 0 Å². The van der Waals surface area contributed by atoms with Crippen molar-refractivity contribution in [2.75, 3.05) is 6.61 Å². The van der Waals surface area contributed by atoms with E-state index >= 15 is 0 Å². The van der Waals surface area contributed by atoms with E-state index in [1.54, 1.807) is 24.3 Å². The molecule has 0 amide bonds. The highest BCUT2D eigenvalue weighted by Gasteiger charge is 2.24. The first-order valence-corrected chi connectivity index (χ1v) is 6.72. The molecular formula is C14H17ClO5. The maximum Gasteiger partial charge on any atom is 0.317 e. The number of rotatable bonds is 9. The van der Waals surface area contributed by atoms with Crippen molar-refractivity contribution >= 4 is 23.5 Å². The van der Waals surface area contributed by atoms with Crippen molar-refractivity contribution in [3.8, 4) is 5.75 Å². The number of aliphatic carboxylic acids is 2. The van der Waals surface area contributed by atoms with Gasteiger partial charge in [0, 0.05) is 5.02 Å². The van der Waals surface area contributed by atoms with Crippen molar-refractivity contribution in [2.24, 2.45) is 5.92 Å². The Hall–Kier alpha value is -1.75. The Bertz CT molecular complexity index is 429. The SMILES string of the molecule is O=C(O)C(CCCCCOc1ccc(Cl)cc1)C(=O)O. The van der Waals surface area contributed by atoms with Crippen LogP contribution < -0.4 is 4.74 Å². The average molecular weight is 301 g/mol. The molecule has 0 spiro atoms. The van der Waals surface area contributed by atoms with E-state index in [-0.39, 0.29) is 6.42 Å². The molecule has 0 saturated carbocycles. The van der Waals surface area contributed by atoms with E-state index < -0.39 is 17.9 Å². The van der Waals surface area contributed by atoms with Crippen LogP contribution in [0, 0.1) is 5.92 Å². The number of ether oxygens (including phenoxy) is 1. The number of hydrogen-bond acceptors (Lipinski definition) is 3. The van der Waals surface area contributed by atoms with Gasteiger partial charge in [0.05, 0.1) is 6.61 Å². The van der Waals surface area contributed by atoms with E-state index in [1.807, 2.05) is 0 Å². The maximum absolute atomic E-state index is 10.7. The number of carboxylic acids is 2. The molecule has 1 aromatic rings. The van der Waals surface area contributed by atoms with E-state index in [2.05, 4.69) is 0 Å². The Labute approximate surface area is 122 Å². The highest BCUT2D eigenvalue weighted by atomic mass is 35.5. The monoisotopic (exact) mass is 300 g/mol.